The third kappa shape index (κ3) is 3.05. The SMILES string of the molecule is CCOC(=O)C1([C@H](O)[C@H]2COC(C)(C)O2)SCCS1. The molecule has 0 bridgehead atoms. The Morgan fingerprint density at radius 2 is 2.11 bits per heavy atom. The van der Waals surface area contributed by atoms with Crippen LogP contribution in [0, 0.1) is 0 Å². The molecule has 2 aliphatic heterocycles. The van der Waals surface area contributed by atoms with E-state index >= 15 is 0 Å². The van der Waals surface area contributed by atoms with Gasteiger partial charge in [-0.2, -0.15) is 0 Å². The number of hydrogen-bond donors (Lipinski definition) is 1. The molecule has 0 aromatic carbocycles. The van der Waals surface area contributed by atoms with Crippen molar-refractivity contribution in [3.63, 3.8) is 0 Å². The summed E-state index contributed by atoms with van der Waals surface area (Å²) in [5.41, 5.74) is 0. The average Bonchev–Trinajstić information content (AvgIpc) is 2.96. The molecule has 0 aliphatic carbocycles. The van der Waals surface area contributed by atoms with Gasteiger partial charge in [-0.3, -0.25) is 0 Å². The number of ether oxygens (including phenoxy) is 3. The fraction of sp³-hybridized carbons (Fsp3) is 0.917. The molecule has 0 aromatic rings. The van der Waals surface area contributed by atoms with Crippen molar-refractivity contribution in [3.05, 3.63) is 0 Å². The highest BCUT2D eigenvalue weighted by Gasteiger charge is 2.55. The van der Waals surface area contributed by atoms with E-state index in [1.165, 1.54) is 23.5 Å². The molecule has 0 radical (unpaired) electrons. The Hall–Kier alpha value is 0.0500. The van der Waals surface area contributed by atoms with Crippen molar-refractivity contribution in [3.8, 4) is 0 Å². The summed E-state index contributed by atoms with van der Waals surface area (Å²) in [5, 5.41) is 10.6. The maximum Gasteiger partial charge on any atom is 0.335 e. The third-order valence-electron chi connectivity index (χ3n) is 3.05. The van der Waals surface area contributed by atoms with Crippen molar-refractivity contribution in [2.45, 2.75) is 42.8 Å². The largest absolute Gasteiger partial charge is 0.464 e. The van der Waals surface area contributed by atoms with Gasteiger partial charge in [0.25, 0.3) is 0 Å². The predicted octanol–water partition coefficient (Wildman–Crippen LogP) is 1.24. The van der Waals surface area contributed by atoms with Gasteiger partial charge in [-0.25, -0.2) is 4.79 Å². The minimum atomic E-state index is -0.982. The van der Waals surface area contributed by atoms with Gasteiger partial charge >= 0.3 is 5.97 Å². The van der Waals surface area contributed by atoms with Gasteiger partial charge in [0, 0.05) is 11.5 Å². The smallest absolute Gasteiger partial charge is 0.335 e. The molecule has 2 aliphatic rings. The average molecular weight is 308 g/mol. The van der Waals surface area contributed by atoms with Crippen LogP contribution in [0.5, 0.6) is 0 Å². The minimum Gasteiger partial charge on any atom is -0.464 e. The molecule has 2 heterocycles. The Labute approximate surface area is 121 Å². The number of carbonyl (C=O) groups is 1. The third-order valence-corrected chi connectivity index (χ3v) is 6.50. The fourth-order valence-electron chi connectivity index (χ4n) is 2.19. The molecule has 0 saturated carbocycles. The number of esters is 1. The van der Waals surface area contributed by atoms with Gasteiger partial charge in [0.2, 0.25) is 0 Å². The van der Waals surface area contributed by atoms with Gasteiger partial charge in [0.1, 0.15) is 12.2 Å². The monoisotopic (exact) mass is 308 g/mol. The molecule has 0 aromatic heterocycles. The summed E-state index contributed by atoms with van der Waals surface area (Å²) in [6.07, 6.45) is -1.44. The van der Waals surface area contributed by atoms with Gasteiger partial charge in [-0.05, 0) is 20.8 Å². The fourth-order valence-corrected chi connectivity index (χ4v) is 5.29. The highest BCUT2D eigenvalue weighted by atomic mass is 32.2. The molecule has 1 N–H and O–H groups in total. The first kappa shape index (κ1) is 15.4. The highest BCUT2D eigenvalue weighted by Crippen LogP contribution is 2.49. The lowest BCUT2D eigenvalue weighted by atomic mass is 10.1. The lowest BCUT2D eigenvalue weighted by Gasteiger charge is -2.33. The molecule has 0 spiro atoms. The summed E-state index contributed by atoms with van der Waals surface area (Å²) < 4.78 is 15.3. The summed E-state index contributed by atoms with van der Waals surface area (Å²) in [6.45, 7) is 5.95. The highest BCUT2D eigenvalue weighted by molar-refractivity contribution is 8.22. The van der Waals surface area contributed by atoms with Gasteiger partial charge in [0.15, 0.2) is 9.87 Å². The lowest BCUT2D eigenvalue weighted by molar-refractivity contribution is -0.160. The van der Waals surface area contributed by atoms with Crippen LogP contribution in [0.4, 0.5) is 0 Å². The van der Waals surface area contributed by atoms with E-state index in [1.54, 1.807) is 20.8 Å². The molecule has 2 rings (SSSR count). The van der Waals surface area contributed by atoms with Crippen LogP contribution < -0.4 is 0 Å². The van der Waals surface area contributed by atoms with E-state index in [1.807, 2.05) is 0 Å². The number of aliphatic hydroxyl groups is 1. The van der Waals surface area contributed by atoms with E-state index < -0.39 is 22.1 Å². The first-order valence-electron chi connectivity index (χ1n) is 6.36. The second-order valence-corrected chi connectivity index (χ2v) is 7.84. The second-order valence-electron chi connectivity index (χ2n) is 4.90. The van der Waals surface area contributed by atoms with Gasteiger partial charge in [-0.1, -0.05) is 0 Å². The van der Waals surface area contributed by atoms with Crippen LogP contribution in [0.2, 0.25) is 0 Å². The van der Waals surface area contributed by atoms with Gasteiger partial charge < -0.3 is 19.3 Å². The predicted molar refractivity (Wildman–Crippen MR) is 75.2 cm³/mol. The molecule has 5 nitrogen and oxygen atoms in total. The maximum atomic E-state index is 12.2. The summed E-state index contributed by atoms with van der Waals surface area (Å²) in [4.78, 5) is 12.2. The molecule has 2 atom stereocenters. The second kappa shape index (κ2) is 5.81. The molecular weight excluding hydrogens is 288 g/mol. The van der Waals surface area contributed by atoms with E-state index in [4.69, 9.17) is 14.2 Å². The Bertz CT molecular complexity index is 341. The van der Waals surface area contributed by atoms with Crippen molar-refractivity contribution in [1.82, 2.24) is 0 Å². The maximum absolute atomic E-state index is 12.2. The zero-order valence-corrected chi connectivity index (χ0v) is 13.0. The Morgan fingerprint density at radius 3 is 2.58 bits per heavy atom. The molecule has 2 fully saturated rings. The number of carbonyl (C=O) groups excluding carboxylic acids is 1. The van der Waals surface area contributed by atoms with E-state index in [-0.39, 0.29) is 12.6 Å². The van der Waals surface area contributed by atoms with Crippen molar-refractivity contribution in [2.24, 2.45) is 0 Å². The summed E-state index contributed by atoms with van der Waals surface area (Å²) in [7, 11) is 0. The standard InChI is InChI=1S/C12H20O5S2/c1-4-15-10(14)12(18-5-6-19-12)9(13)8-7-16-11(2,3)17-8/h8-9,13H,4-7H2,1-3H3/t8-,9-/m1/s1. The van der Waals surface area contributed by atoms with E-state index in [0.29, 0.717) is 6.61 Å². The van der Waals surface area contributed by atoms with Crippen molar-refractivity contribution in [2.75, 3.05) is 24.7 Å². The Balaban J connectivity index is 2.13. The number of hydrogen-bond acceptors (Lipinski definition) is 7. The Morgan fingerprint density at radius 1 is 1.47 bits per heavy atom. The van der Waals surface area contributed by atoms with Crippen molar-refractivity contribution in [1.29, 1.82) is 0 Å². The van der Waals surface area contributed by atoms with Crippen LogP contribution in [0.1, 0.15) is 20.8 Å². The topological polar surface area (TPSA) is 65.0 Å². The quantitative estimate of drug-likeness (QED) is 0.784. The molecule has 19 heavy (non-hydrogen) atoms. The normalized spacial score (nSPS) is 30.2. The lowest BCUT2D eigenvalue weighted by Crippen LogP contribution is -2.50. The molecule has 0 amide bonds. The van der Waals surface area contributed by atoms with E-state index in [2.05, 4.69) is 0 Å². The van der Waals surface area contributed by atoms with Crippen LogP contribution in [0.3, 0.4) is 0 Å². The van der Waals surface area contributed by atoms with Gasteiger partial charge in [0.05, 0.1) is 13.2 Å². The van der Waals surface area contributed by atoms with Crippen molar-refractivity contribution < 1.29 is 24.1 Å². The summed E-state index contributed by atoms with van der Waals surface area (Å²) >= 11 is 2.87. The molecule has 7 heteroatoms. The van der Waals surface area contributed by atoms with Crippen LogP contribution in [-0.2, 0) is 19.0 Å². The molecular formula is C12H20O5S2. The van der Waals surface area contributed by atoms with Crippen molar-refractivity contribution >= 4 is 29.5 Å². The first-order valence-corrected chi connectivity index (χ1v) is 8.33. The van der Waals surface area contributed by atoms with Crippen LogP contribution in [0.15, 0.2) is 0 Å². The summed E-state index contributed by atoms with van der Waals surface area (Å²) in [5.74, 6) is 0.549. The van der Waals surface area contributed by atoms with Gasteiger partial charge in [-0.15, -0.1) is 23.5 Å². The molecule has 2 saturated heterocycles. The number of thioether (sulfide) groups is 2. The van der Waals surface area contributed by atoms with Crippen LogP contribution in [-0.4, -0.2) is 57.9 Å². The summed E-state index contributed by atoms with van der Waals surface area (Å²) in [6, 6.07) is 0. The first-order chi connectivity index (χ1) is 8.91. The number of rotatable bonds is 4. The zero-order chi connectivity index (χ0) is 14.1. The van der Waals surface area contributed by atoms with Crippen LogP contribution >= 0.6 is 23.5 Å². The minimum absolute atomic E-state index is 0.288. The molecule has 0 unspecified atom stereocenters. The van der Waals surface area contributed by atoms with Crippen LogP contribution in [0.25, 0.3) is 0 Å². The van der Waals surface area contributed by atoms with E-state index in [9.17, 15) is 9.90 Å². The number of aliphatic hydroxyl groups excluding tert-OH is 1. The zero-order valence-electron chi connectivity index (χ0n) is 11.4. The Kier molecular flexibility index (Phi) is 4.72. The molecule has 110 valence electrons. The van der Waals surface area contributed by atoms with E-state index in [0.717, 1.165) is 11.5 Å².